The first-order valence-electron chi connectivity index (χ1n) is 6.15. The van der Waals surface area contributed by atoms with Gasteiger partial charge in [-0.1, -0.05) is 0 Å². The lowest BCUT2D eigenvalue weighted by Crippen LogP contribution is -2.34. The molecule has 6 heteroatoms. The van der Waals surface area contributed by atoms with Crippen LogP contribution in [-0.2, 0) is 4.89 Å². The number of pyridine rings is 1. The topological polar surface area (TPSA) is 103 Å². The van der Waals surface area contributed by atoms with Crippen LogP contribution in [-0.4, -0.2) is 27.1 Å². The van der Waals surface area contributed by atoms with E-state index in [1.54, 1.807) is 19.1 Å². The lowest BCUT2D eigenvalue weighted by Gasteiger charge is -2.31. The van der Waals surface area contributed by atoms with Crippen LogP contribution < -0.4 is 5.26 Å². The van der Waals surface area contributed by atoms with Crippen molar-refractivity contribution >= 4 is 16.6 Å². The van der Waals surface area contributed by atoms with Crippen LogP contribution in [0.1, 0.15) is 34.1 Å². The van der Waals surface area contributed by atoms with Crippen LogP contribution in [0.15, 0.2) is 18.3 Å². The van der Waals surface area contributed by atoms with Crippen molar-refractivity contribution in [2.75, 3.05) is 0 Å². The van der Waals surface area contributed by atoms with Gasteiger partial charge in [-0.25, -0.2) is 0 Å². The maximum Gasteiger partial charge on any atom is 0.169 e. The molecule has 0 radical (unpaired) electrons. The summed E-state index contributed by atoms with van der Waals surface area (Å²) >= 11 is 0. The van der Waals surface area contributed by atoms with Crippen molar-refractivity contribution in [1.29, 1.82) is 0 Å². The fraction of sp³-hybridized carbons (Fsp3) is 0.286. The molecule has 1 aromatic carbocycles. The van der Waals surface area contributed by atoms with Gasteiger partial charge >= 0.3 is 0 Å². The number of aliphatic hydroxyl groups is 1. The van der Waals surface area contributed by atoms with Gasteiger partial charge in [-0.15, -0.1) is 0 Å². The monoisotopic (exact) mass is 274 g/mol. The van der Waals surface area contributed by atoms with Crippen molar-refractivity contribution in [2.45, 2.75) is 25.6 Å². The number of carbonyl (C=O) groups excluding carboxylic acids is 1. The van der Waals surface area contributed by atoms with Gasteiger partial charge < -0.3 is 20.4 Å². The molecule has 0 amide bonds. The van der Waals surface area contributed by atoms with Gasteiger partial charge in [0.2, 0.25) is 0 Å². The number of aromatic hydroxyl groups is 1. The number of aromatic nitrogens is 1. The normalized spacial score (nSPS) is 22.1. The van der Waals surface area contributed by atoms with Crippen LogP contribution in [0.4, 0.5) is 0 Å². The number of phenolic OH excluding ortho intramolecular Hbond substituents is 1. The zero-order valence-corrected chi connectivity index (χ0v) is 10.7. The molecule has 0 fully saturated rings. The summed E-state index contributed by atoms with van der Waals surface area (Å²) in [5.41, 5.74) is 1.01. The molecule has 1 heterocycles. The molecule has 0 saturated heterocycles. The van der Waals surface area contributed by atoms with Gasteiger partial charge in [0, 0.05) is 23.7 Å². The molecule has 1 aliphatic carbocycles. The standard InChI is InChI=1S/C14H13NO5/c1-6-2-7-3-8-12(14(18)9(7)5-15-6)10(16)4-11(20-19)13(8)17/h2-3,5,11,13,17-19H,4H2,1H3/p-1. The highest BCUT2D eigenvalue weighted by Gasteiger charge is 2.35. The van der Waals surface area contributed by atoms with E-state index in [1.165, 1.54) is 6.20 Å². The molecule has 3 rings (SSSR count). The quantitative estimate of drug-likeness (QED) is 0.581. The molecule has 2 aromatic rings. The van der Waals surface area contributed by atoms with Crippen molar-refractivity contribution in [3.8, 4) is 5.75 Å². The summed E-state index contributed by atoms with van der Waals surface area (Å²) in [6.07, 6.45) is -1.13. The first kappa shape index (κ1) is 13.0. The summed E-state index contributed by atoms with van der Waals surface area (Å²) in [4.78, 5) is 20.0. The Morgan fingerprint density at radius 1 is 1.45 bits per heavy atom. The molecular weight excluding hydrogens is 262 g/mol. The number of ketones is 1. The van der Waals surface area contributed by atoms with Crippen LogP contribution in [0.2, 0.25) is 0 Å². The number of aryl methyl sites for hydroxylation is 1. The molecule has 0 aliphatic heterocycles. The number of hydrogen-bond acceptors (Lipinski definition) is 6. The number of benzene rings is 1. The lowest BCUT2D eigenvalue weighted by atomic mass is 9.84. The first-order chi connectivity index (χ1) is 9.52. The van der Waals surface area contributed by atoms with Gasteiger partial charge in [0.05, 0.1) is 11.7 Å². The van der Waals surface area contributed by atoms with Crippen molar-refractivity contribution < 1.29 is 25.2 Å². The zero-order chi connectivity index (χ0) is 14.4. The minimum atomic E-state index is -1.23. The van der Waals surface area contributed by atoms with Gasteiger partial charge in [-0.2, -0.15) is 0 Å². The van der Waals surface area contributed by atoms with E-state index in [0.29, 0.717) is 10.8 Å². The van der Waals surface area contributed by atoms with Gasteiger partial charge in [-0.3, -0.25) is 9.78 Å². The molecule has 20 heavy (non-hydrogen) atoms. The van der Waals surface area contributed by atoms with Gasteiger partial charge in [0.1, 0.15) is 11.9 Å². The van der Waals surface area contributed by atoms with E-state index < -0.39 is 18.0 Å². The Labute approximate surface area is 114 Å². The second-order valence-corrected chi connectivity index (χ2v) is 4.94. The average Bonchev–Trinajstić information content (AvgIpc) is 2.42. The van der Waals surface area contributed by atoms with E-state index in [4.69, 9.17) is 0 Å². The minimum absolute atomic E-state index is 0.0453. The summed E-state index contributed by atoms with van der Waals surface area (Å²) in [6.45, 7) is 1.79. The Balaban J connectivity index is 2.32. The number of aliphatic hydroxyl groups excluding tert-OH is 1. The first-order valence-corrected chi connectivity index (χ1v) is 6.15. The summed E-state index contributed by atoms with van der Waals surface area (Å²) in [5.74, 6) is -0.635. The van der Waals surface area contributed by atoms with Crippen LogP contribution in [0.3, 0.4) is 0 Å². The third kappa shape index (κ3) is 1.77. The van der Waals surface area contributed by atoms with E-state index in [9.17, 15) is 20.3 Å². The Bertz CT molecular complexity index is 712. The molecule has 0 spiro atoms. The Morgan fingerprint density at radius 3 is 2.90 bits per heavy atom. The third-order valence-electron chi connectivity index (χ3n) is 3.62. The molecule has 1 aliphatic rings. The van der Waals surface area contributed by atoms with Gasteiger partial charge in [0.15, 0.2) is 5.78 Å². The summed E-state index contributed by atoms with van der Waals surface area (Å²) < 4.78 is 0. The number of rotatable bonds is 1. The van der Waals surface area contributed by atoms with Crippen LogP contribution in [0.25, 0.3) is 10.8 Å². The molecule has 2 atom stereocenters. The molecule has 0 saturated carbocycles. The summed E-state index contributed by atoms with van der Waals surface area (Å²) in [6, 6.07) is 3.32. The van der Waals surface area contributed by atoms with Crippen LogP contribution in [0.5, 0.6) is 5.75 Å². The molecule has 1 aromatic heterocycles. The third-order valence-corrected chi connectivity index (χ3v) is 3.62. The second-order valence-electron chi connectivity index (χ2n) is 4.94. The second kappa shape index (κ2) is 4.52. The van der Waals surface area contributed by atoms with Crippen molar-refractivity contribution in [3.05, 3.63) is 35.2 Å². The molecule has 6 nitrogen and oxygen atoms in total. The van der Waals surface area contributed by atoms with Gasteiger partial charge in [0.25, 0.3) is 0 Å². The smallest absolute Gasteiger partial charge is 0.169 e. The Morgan fingerprint density at radius 2 is 2.20 bits per heavy atom. The predicted molar refractivity (Wildman–Crippen MR) is 66.9 cm³/mol. The van der Waals surface area contributed by atoms with Crippen LogP contribution in [0, 0.1) is 6.92 Å². The maximum atomic E-state index is 12.0. The summed E-state index contributed by atoms with van der Waals surface area (Å²) in [7, 11) is 0. The Hall–Kier alpha value is -2.02. The highest BCUT2D eigenvalue weighted by molar-refractivity contribution is 6.07. The van der Waals surface area contributed by atoms with E-state index in [1.807, 2.05) is 0 Å². The number of hydrogen-bond donors (Lipinski definition) is 2. The Kier molecular flexibility index (Phi) is 2.93. The molecular formula is C14H12NO5-. The highest BCUT2D eigenvalue weighted by Crippen LogP contribution is 2.40. The van der Waals surface area contributed by atoms with Crippen molar-refractivity contribution in [1.82, 2.24) is 4.98 Å². The van der Waals surface area contributed by atoms with E-state index >= 15 is 0 Å². The number of fused-ring (bicyclic) bond motifs is 2. The number of phenols is 1. The lowest BCUT2D eigenvalue weighted by molar-refractivity contribution is -0.705. The highest BCUT2D eigenvalue weighted by atomic mass is 17.1. The van der Waals surface area contributed by atoms with Crippen LogP contribution >= 0.6 is 0 Å². The van der Waals surface area contributed by atoms with E-state index in [0.717, 1.165) is 5.69 Å². The van der Waals surface area contributed by atoms with E-state index in [-0.39, 0.29) is 23.3 Å². The molecule has 2 N–H and O–H groups in total. The molecule has 2 unspecified atom stereocenters. The van der Waals surface area contributed by atoms with Crippen molar-refractivity contribution in [3.63, 3.8) is 0 Å². The zero-order valence-electron chi connectivity index (χ0n) is 10.7. The minimum Gasteiger partial charge on any atom is -0.723 e. The SMILES string of the molecule is Cc1cc2cc3c(c(O)c2cn1)C(=O)CC(O[O-])C3O. The van der Waals surface area contributed by atoms with E-state index in [2.05, 4.69) is 9.87 Å². The number of carbonyl (C=O) groups is 1. The molecule has 104 valence electrons. The largest absolute Gasteiger partial charge is 0.723 e. The average molecular weight is 274 g/mol. The van der Waals surface area contributed by atoms with Gasteiger partial charge in [-0.05, 0) is 30.0 Å². The van der Waals surface area contributed by atoms with Crippen molar-refractivity contribution in [2.24, 2.45) is 0 Å². The fourth-order valence-electron chi connectivity index (χ4n) is 2.62. The predicted octanol–water partition coefficient (Wildman–Crippen LogP) is 0.529. The fourth-order valence-corrected chi connectivity index (χ4v) is 2.62. The number of Topliss-reactive ketones (excluding diaryl/α,β-unsaturated/α-hetero) is 1. The summed E-state index contributed by atoms with van der Waals surface area (Å²) in [5, 5.41) is 32.0. The number of nitrogens with zero attached hydrogens (tertiary/aromatic N) is 1. The molecule has 0 bridgehead atoms. The maximum absolute atomic E-state index is 12.0.